The molecular weight excluding hydrogens is 226 g/mol. The van der Waals surface area contributed by atoms with Gasteiger partial charge < -0.3 is 5.11 Å². The molecule has 0 aliphatic carbocycles. The van der Waals surface area contributed by atoms with Gasteiger partial charge in [-0.1, -0.05) is 18.2 Å². The predicted octanol–water partition coefficient (Wildman–Crippen LogP) is 2.84. The van der Waals surface area contributed by atoms with Crippen LogP contribution < -0.4 is 0 Å². The molecule has 0 atom stereocenters. The number of H-pyrrole nitrogens is 1. The van der Waals surface area contributed by atoms with Crippen molar-refractivity contribution in [2.24, 2.45) is 0 Å². The molecule has 0 aliphatic rings. The summed E-state index contributed by atoms with van der Waals surface area (Å²) in [5, 5.41) is 16.9. The van der Waals surface area contributed by atoms with E-state index in [0.29, 0.717) is 0 Å². The van der Waals surface area contributed by atoms with Crippen molar-refractivity contribution in [1.29, 1.82) is 0 Å². The van der Waals surface area contributed by atoms with Crippen LogP contribution in [-0.4, -0.2) is 20.3 Å². The lowest BCUT2D eigenvalue weighted by Crippen LogP contribution is -1.83. The van der Waals surface area contributed by atoms with E-state index < -0.39 is 0 Å². The van der Waals surface area contributed by atoms with Crippen LogP contribution in [0.1, 0.15) is 0 Å². The lowest BCUT2D eigenvalue weighted by molar-refractivity contribution is 0.477. The molecule has 0 amide bonds. The van der Waals surface area contributed by atoms with E-state index in [-0.39, 0.29) is 5.75 Å². The Balaban J connectivity index is 2.16. The number of phenolic OH excluding ortho intramolecular Hbond substituents is 1. The monoisotopic (exact) mass is 237 g/mol. The van der Waals surface area contributed by atoms with E-state index in [2.05, 4.69) is 15.2 Å². The summed E-state index contributed by atoms with van der Waals surface area (Å²) < 4.78 is 0. The van der Waals surface area contributed by atoms with Crippen molar-refractivity contribution >= 4 is 0 Å². The topological polar surface area (TPSA) is 61.8 Å². The Morgan fingerprint density at radius 1 is 0.944 bits per heavy atom. The van der Waals surface area contributed by atoms with E-state index in [1.807, 2.05) is 24.3 Å². The zero-order chi connectivity index (χ0) is 12.4. The highest BCUT2D eigenvalue weighted by Gasteiger charge is 2.12. The number of nitrogens with one attached hydrogen (secondary N) is 1. The number of hydrogen-bond donors (Lipinski definition) is 2. The average molecular weight is 237 g/mol. The maximum absolute atomic E-state index is 9.90. The van der Waals surface area contributed by atoms with E-state index in [0.717, 1.165) is 22.4 Å². The number of aromatic hydroxyl groups is 1. The van der Waals surface area contributed by atoms with Crippen LogP contribution in [0.4, 0.5) is 0 Å². The summed E-state index contributed by atoms with van der Waals surface area (Å²) in [6.45, 7) is 0. The Labute approximate surface area is 104 Å². The molecule has 0 unspecified atom stereocenters. The van der Waals surface area contributed by atoms with Gasteiger partial charge in [0.05, 0.1) is 11.9 Å². The van der Waals surface area contributed by atoms with Crippen molar-refractivity contribution in [3.8, 4) is 28.1 Å². The van der Waals surface area contributed by atoms with Crippen molar-refractivity contribution in [3.05, 3.63) is 55.0 Å². The minimum atomic E-state index is 0.245. The normalized spacial score (nSPS) is 10.4. The molecule has 0 fully saturated rings. The van der Waals surface area contributed by atoms with E-state index >= 15 is 0 Å². The minimum absolute atomic E-state index is 0.245. The van der Waals surface area contributed by atoms with E-state index in [1.54, 1.807) is 30.7 Å². The number of nitrogens with zero attached hydrogens (tertiary/aromatic N) is 2. The Hall–Kier alpha value is -2.62. The molecule has 0 aliphatic heterocycles. The first kappa shape index (κ1) is 10.5. The highest BCUT2D eigenvalue weighted by Crippen LogP contribution is 2.34. The van der Waals surface area contributed by atoms with Crippen LogP contribution in [0.15, 0.2) is 55.0 Å². The molecule has 0 radical (unpaired) electrons. The van der Waals surface area contributed by atoms with Crippen molar-refractivity contribution in [2.45, 2.75) is 0 Å². The lowest BCUT2D eigenvalue weighted by Gasteiger charge is -2.05. The summed E-state index contributed by atoms with van der Waals surface area (Å²) in [5.74, 6) is 0.245. The van der Waals surface area contributed by atoms with Gasteiger partial charge in [0, 0.05) is 29.1 Å². The van der Waals surface area contributed by atoms with Gasteiger partial charge in [-0.2, -0.15) is 5.10 Å². The molecule has 0 saturated heterocycles. The maximum atomic E-state index is 9.90. The number of rotatable bonds is 2. The molecule has 2 N–H and O–H groups in total. The maximum Gasteiger partial charge on any atom is 0.123 e. The molecule has 3 rings (SSSR count). The Bertz CT molecular complexity index is 662. The van der Waals surface area contributed by atoms with Gasteiger partial charge in [0.25, 0.3) is 0 Å². The third kappa shape index (κ3) is 1.73. The Kier molecular flexibility index (Phi) is 2.53. The van der Waals surface area contributed by atoms with Gasteiger partial charge in [-0.3, -0.25) is 10.1 Å². The quantitative estimate of drug-likeness (QED) is 0.720. The highest BCUT2D eigenvalue weighted by molar-refractivity contribution is 5.82. The molecule has 4 heteroatoms. The van der Waals surface area contributed by atoms with Crippen LogP contribution in [0.25, 0.3) is 22.4 Å². The van der Waals surface area contributed by atoms with Crippen molar-refractivity contribution in [2.75, 3.05) is 0 Å². The molecule has 2 aromatic heterocycles. The molecule has 4 nitrogen and oxygen atoms in total. The number of pyridine rings is 1. The summed E-state index contributed by atoms with van der Waals surface area (Å²) in [7, 11) is 0. The fourth-order valence-corrected chi connectivity index (χ4v) is 1.93. The summed E-state index contributed by atoms with van der Waals surface area (Å²) in [4.78, 5) is 3.99. The van der Waals surface area contributed by atoms with Crippen LogP contribution >= 0.6 is 0 Å². The Morgan fingerprint density at radius 2 is 1.72 bits per heavy atom. The molecule has 18 heavy (non-hydrogen) atoms. The molecule has 2 heterocycles. The van der Waals surface area contributed by atoms with Gasteiger partial charge in [-0.05, 0) is 18.2 Å². The third-order valence-corrected chi connectivity index (χ3v) is 2.80. The number of para-hydroxylation sites is 1. The number of benzene rings is 1. The third-order valence-electron chi connectivity index (χ3n) is 2.80. The van der Waals surface area contributed by atoms with Crippen molar-refractivity contribution in [1.82, 2.24) is 15.2 Å². The van der Waals surface area contributed by atoms with Gasteiger partial charge >= 0.3 is 0 Å². The van der Waals surface area contributed by atoms with Crippen LogP contribution in [0, 0.1) is 0 Å². The average Bonchev–Trinajstić information content (AvgIpc) is 2.89. The van der Waals surface area contributed by atoms with Crippen molar-refractivity contribution < 1.29 is 5.11 Å². The molecule has 3 aromatic rings. The van der Waals surface area contributed by atoms with Crippen LogP contribution in [-0.2, 0) is 0 Å². The smallest absolute Gasteiger partial charge is 0.123 e. The van der Waals surface area contributed by atoms with E-state index in [1.165, 1.54) is 0 Å². The largest absolute Gasteiger partial charge is 0.507 e. The predicted molar refractivity (Wildman–Crippen MR) is 68.9 cm³/mol. The van der Waals surface area contributed by atoms with E-state index in [4.69, 9.17) is 0 Å². The number of aromatic amines is 1. The van der Waals surface area contributed by atoms with Gasteiger partial charge in [-0.25, -0.2) is 0 Å². The van der Waals surface area contributed by atoms with Gasteiger partial charge in [0.1, 0.15) is 5.75 Å². The Morgan fingerprint density at radius 3 is 2.50 bits per heavy atom. The van der Waals surface area contributed by atoms with Crippen LogP contribution in [0.3, 0.4) is 0 Å². The van der Waals surface area contributed by atoms with Gasteiger partial charge in [0.15, 0.2) is 0 Å². The van der Waals surface area contributed by atoms with E-state index in [9.17, 15) is 5.11 Å². The number of aromatic nitrogens is 3. The number of hydrogen-bond acceptors (Lipinski definition) is 3. The summed E-state index contributed by atoms with van der Waals surface area (Å²) in [6.07, 6.45) is 5.17. The first-order chi connectivity index (χ1) is 8.86. The molecule has 0 saturated carbocycles. The van der Waals surface area contributed by atoms with Gasteiger partial charge in [-0.15, -0.1) is 0 Å². The highest BCUT2D eigenvalue weighted by atomic mass is 16.3. The second-order valence-electron chi connectivity index (χ2n) is 3.91. The zero-order valence-electron chi connectivity index (χ0n) is 9.54. The van der Waals surface area contributed by atoms with Gasteiger partial charge in [0.2, 0.25) is 0 Å². The lowest BCUT2D eigenvalue weighted by atomic mass is 10.0. The fourth-order valence-electron chi connectivity index (χ4n) is 1.93. The second-order valence-corrected chi connectivity index (χ2v) is 3.91. The number of phenols is 1. The molecular formula is C14H11N3O. The summed E-state index contributed by atoms with van der Waals surface area (Å²) in [5.41, 5.74) is 3.50. The molecule has 0 spiro atoms. The summed E-state index contributed by atoms with van der Waals surface area (Å²) in [6, 6.07) is 11.0. The minimum Gasteiger partial charge on any atom is -0.507 e. The fraction of sp³-hybridized carbons (Fsp3) is 0. The summed E-state index contributed by atoms with van der Waals surface area (Å²) >= 11 is 0. The van der Waals surface area contributed by atoms with Crippen molar-refractivity contribution in [3.63, 3.8) is 0 Å². The molecule has 0 bridgehead atoms. The second kappa shape index (κ2) is 4.33. The molecule has 88 valence electrons. The zero-order valence-corrected chi connectivity index (χ0v) is 9.54. The first-order valence-corrected chi connectivity index (χ1v) is 5.58. The molecule has 1 aromatic carbocycles. The van der Waals surface area contributed by atoms with Crippen LogP contribution in [0.2, 0.25) is 0 Å². The standard InChI is InChI=1S/C14H11N3O/c18-13-4-2-1-3-11(13)12-9-16-17-14(12)10-5-7-15-8-6-10/h1-9,18H,(H,16,17). The first-order valence-electron chi connectivity index (χ1n) is 5.58. The SMILES string of the molecule is Oc1ccccc1-c1cn[nH]c1-c1ccncc1. The van der Waals surface area contributed by atoms with Crippen LogP contribution in [0.5, 0.6) is 5.75 Å².